The summed E-state index contributed by atoms with van der Waals surface area (Å²) in [5, 5.41) is 7.41. The molecule has 20 heavy (non-hydrogen) atoms. The van der Waals surface area contributed by atoms with E-state index in [1.807, 2.05) is 12.1 Å². The van der Waals surface area contributed by atoms with Crippen LogP contribution in [0, 0.1) is 11.8 Å². The lowest BCUT2D eigenvalue weighted by Crippen LogP contribution is -2.36. The second-order valence-corrected chi connectivity index (χ2v) is 5.65. The normalized spacial score (nSPS) is 27.1. The maximum atomic E-state index is 12.4. The number of carbonyl (C=O) groups excluding carboxylic acids is 1. The van der Waals surface area contributed by atoms with Gasteiger partial charge in [0.2, 0.25) is 0 Å². The third-order valence-electron chi connectivity index (χ3n) is 4.44. The minimum Gasteiger partial charge on any atom is -0.348 e. The molecule has 102 valence electrons. The number of carbonyl (C=O) groups is 1. The van der Waals surface area contributed by atoms with Gasteiger partial charge in [0.25, 0.3) is 5.91 Å². The Hall–Kier alpha value is -2.17. The molecule has 4 rings (SSSR count). The first kappa shape index (κ1) is 11.6. The summed E-state index contributed by atoms with van der Waals surface area (Å²) in [5.41, 5.74) is 1.44. The van der Waals surface area contributed by atoms with Crippen LogP contribution in [0.3, 0.4) is 0 Å². The molecule has 3 atom stereocenters. The van der Waals surface area contributed by atoms with Crippen LogP contribution in [0.2, 0.25) is 0 Å². The van der Waals surface area contributed by atoms with Crippen molar-refractivity contribution in [3.05, 3.63) is 42.5 Å². The largest absolute Gasteiger partial charge is 0.348 e. The van der Waals surface area contributed by atoms with Gasteiger partial charge in [-0.25, -0.2) is 4.68 Å². The molecule has 2 aromatic heterocycles. The number of aromatic nitrogens is 3. The number of amides is 1. The van der Waals surface area contributed by atoms with Crippen molar-refractivity contribution in [2.75, 3.05) is 0 Å². The summed E-state index contributed by atoms with van der Waals surface area (Å²) < 4.78 is 1.66. The summed E-state index contributed by atoms with van der Waals surface area (Å²) >= 11 is 0. The highest BCUT2D eigenvalue weighted by atomic mass is 16.2. The Kier molecular flexibility index (Phi) is 2.58. The number of hydrogen-bond donors (Lipinski definition) is 1. The monoisotopic (exact) mass is 268 g/mol. The number of pyridine rings is 1. The predicted octanol–water partition coefficient (Wildman–Crippen LogP) is 1.80. The van der Waals surface area contributed by atoms with E-state index in [1.165, 1.54) is 12.8 Å². The van der Waals surface area contributed by atoms with Gasteiger partial charge in [-0.05, 0) is 49.3 Å². The second kappa shape index (κ2) is 4.44. The van der Waals surface area contributed by atoms with Crippen LogP contribution in [0.15, 0.2) is 36.8 Å². The summed E-state index contributed by atoms with van der Waals surface area (Å²) in [6.45, 7) is 0. The van der Waals surface area contributed by atoms with Gasteiger partial charge in [-0.3, -0.25) is 9.78 Å². The molecule has 2 aromatic rings. The molecule has 5 heteroatoms. The molecule has 2 aliphatic rings. The van der Waals surface area contributed by atoms with Crippen molar-refractivity contribution in [2.24, 2.45) is 11.8 Å². The van der Waals surface area contributed by atoms with Crippen molar-refractivity contribution in [1.82, 2.24) is 20.1 Å². The van der Waals surface area contributed by atoms with Crippen molar-refractivity contribution < 1.29 is 4.79 Å². The number of nitrogens with one attached hydrogen (secondary N) is 1. The highest BCUT2D eigenvalue weighted by molar-refractivity contribution is 5.93. The molecular weight excluding hydrogens is 252 g/mol. The fourth-order valence-electron chi connectivity index (χ4n) is 3.29. The molecule has 2 aliphatic carbocycles. The summed E-state index contributed by atoms with van der Waals surface area (Å²) in [7, 11) is 0. The highest BCUT2D eigenvalue weighted by Gasteiger charge is 2.48. The second-order valence-electron chi connectivity index (χ2n) is 5.65. The Bertz CT molecular complexity index is 636. The summed E-state index contributed by atoms with van der Waals surface area (Å²) in [5.74, 6) is 1.55. The first-order valence-electron chi connectivity index (χ1n) is 7.08. The third-order valence-corrected chi connectivity index (χ3v) is 4.44. The van der Waals surface area contributed by atoms with Gasteiger partial charge in [0.15, 0.2) is 0 Å². The molecule has 2 fully saturated rings. The lowest BCUT2D eigenvalue weighted by molar-refractivity contribution is 0.0925. The zero-order chi connectivity index (χ0) is 13.5. The molecule has 0 bridgehead atoms. The van der Waals surface area contributed by atoms with Crippen LogP contribution in [0.1, 0.15) is 29.8 Å². The molecule has 0 aliphatic heterocycles. The average Bonchev–Trinajstić information content (AvgIpc) is 2.93. The summed E-state index contributed by atoms with van der Waals surface area (Å²) in [6, 6.07) is 5.80. The predicted molar refractivity (Wildman–Crippen MR) is 73.4 cm³/mol. The van der Waals surface area contributed by atoms with E-state index in [1.54, 1.807) is 29.3 Å². The molecule has 0 spiro atoms. The quantitative estimate of drug-likeness (QED) is 0.923. The van der Waals surface area contributed by atoms with E-state index < -0.39 is 0 Å². The Labute approximate surface area is 117 Å². The fraction of sp³-hybridized carbons (Fsp3) is 0.400. The highest BCUT2D eigenvalue weighted by Crippen LogP contribution is 2.51. The number of hydrogen-bond acceptors (Lipinski definition) is 3. The van der Waals surface area contributed by atoms with Crippen molar-refractivity contribution in [3.8, 4) is 5.69 Å². The van der Waals surface area contributed by atoms with Gasteiger partial charge in [0.1, 0.15) is 5.69 Å². The van der Waals surface area contributed by atoms with Crippen LogP contribution in [-0.4, -0.2) is 26.7 Å². The molecule has 0 aromatic carbocycles. The lowest BCUT2D eigenvalue weighted by atomic mass is 10.1. The van der Waals surface area contributed by atoms with Crippen LogP contribution in [0.25, 0.3) is 5.69 Å². The van der Waals surface area contributed by atoms with E-state index in [-0.39, 0.29) is 5.91 Å². The minimum atomic E-state index is -0.0307. The topological polar surface area (TPSA) is 59.8 Å². The number of nitrogens with zero attached hydrogens (tertiary/aromatic N) is 3. The van der Waals surface area contributed by atoms with Gasteiger partial charge < -0.3 is 5.32 Å². The first-order chi connectivity index (χ1) is 9.83. The van der Waals surface area contributed by atoms with Gasteiger partial charge >= 0.3 is 0 Å². The van der Waals surface area contributed by atoms with E-state index in [2.05, 4.69) is 15.4 Å². The van der Waals surface area contributed by atoms with E-state index in [0.717, 1.165) is 23.9 Å². The molecule has 5 nitrogen and oxygen atoms in total. The van der Waals surface area contributed by atoms with Gasteiger partial charge in [0.05, 0.1) is 11.9 Å². The zero-order valence-corrected chi connectivity index (χ0v) is 11.1. The van der Waals surface area contributed by atoms with Gasteiger partial charge in [0, 0.05) is 18.4 Å². The minimum absolute atomic E-state index is 0.0307. The van der Waals surface area contributed by atoms with E-state index in [0.29, 0.717) is 11.7 Å². The molecular formula is C15H16N4O. The van der Waals surface area contributed by atoms with E-state index >= 15 is 0 Å². The first-order valence-corrected chi connectivity index (χ1v) is 7.08. The average molecular weight is 268 g/mol. The molecule has 1 N–H and O–H groups in total. The third kappa shape index (κ3) is 1.90. The smallest absolute Gasteiger partial charge is 0.270 e. The molecule has 2 saturated carbocycles. The van der Waals surface area contributed by atoms with Crippen molar-refractivity contribution in [1.29, 1.82) is 0 Å². The van der Waals surface area contributed by atoms with Crippen molar-refractivity contribution >= 4 is 5.91 Å². The van der Waals surface area contributed by atoms with Crippen LogP contribution in [-0.2, 0) is 0 Å². The summed E-state index contributed by atoms with van der Waals surface area (Å²) in [4.78, 5) is 16.4. The lowest BCUT2D eigenvalue weighted by Gasteiger charge is -2.14. The fourth-order valence-corrected chi connectivity index (χ4v) is 3.29. The Morgan fingerprint density at radius 2 is 2.05 bits per heavy atom. The Morgan fingerprint density at radius 3 is 2.75 bits per heavy atom. The Morgan fingerprint density at radius 1 is 1.20 bits per heavy atom. The van der Waals surface area contributed by atoms with Gasteiger partial charge in [-0.15, -0.1) is 0 Å². The summed E-state index contributed by atoms with van der Waals surface area (Å²) in [6.07, 6.45) is 8.72. The maximum Gasteiger partial charge on any atom is 0.270 e. The van der Waals surface area contributed by atoms with Crippen molar-refractivity contribution in [3.63, 3.8) is 0 Å². The van der Waals surface area contributed by atoms with Crippen molar-refractivity contribution in [2.45, 2.75) is 25.3 Å². The van der Waals surface area contributed by atoms with Crippen LogP contribution in [0.4, 0.5) is 0 Å². The van der Waals surface area contributed by atoms with Crippen LogP contribution >= 0.6 is 0 Å². The van der Waals surface area contributed by atoms with Gasteiger partial charge in [-0.1, -0.05) is 0 Å². The Balaban J connectivity index is 1.56. The zero-order valence-electron chi connectivity index (χ0n) is 11.1. The standard InChI is InChI=1S/C15H16N4O/c20-15(18-13-2-1-10-9-12(10)13)14-5-8-17-19(14)11-3-6-16-7-4-11/h3-8,10,12-13H,1-2,9H2,(H,18,20). The molecule has 3 unspecified atom stereocenters. The van der Waals surface area contributed by atoms with E-state index in [9.17, 15) is 4.79 Å². The maximum absolute atomic E-state index is 12.4. The van der Waals surface area contributed by atoms with Crippen LogP contribution < -0.4 is 5.32 Å². The molecule has 0 radical (unpaired) electrons. The van der Waals surface area contributed by atoms with Crippen LogP contribution in [0.5, 0.6) is 0 Å². The van der Waals surface area contributed by atoms with E-state index in [4.69, 9.17) is 0 Å². The molecule has 2 heterocycles. The van der Waals surface area contributed by atoms with Gasteiger partial charge in [-0.2, -0.15) is 5.10 Å². The SMILES string of the molecule is O=C(NC1CCC2CC21)c1ccnn1-c1ccncc1. The molecule has 1 amide bonds. The number of fused-ring (bicyclic) bond motifs is 1. The number of rotatable bonds is 3. The molecule has 0 saturated heterocycles.